The van der Waals surface area contributed by atoms with E-state index in [-0.39, 0.29) is 0 Å². The Balaban J connectivity index is 1.32. The number of hydrogen-bond acceptors (Lipinski definition) is 10. The molecule has 2 atom stereocenters. The van der Waals surface area contributed by atoms with E-state index in [9.17, 15) is 0 Å². The fourth-order valence-corrected chi connectivity index (χ4v) is 7.73. The van der Waals surface area contributed by atoms with Crippen LogP contribution in [0.25, 0.3) is 0 Å². The van der Waals surface area contributed by atoms with Crippen molar-refractivity contribution in [3.8, 4) is 0 Å². The van der Waals surface area contributed by atoms with Crippen molar-refractivity contribution < 1.29 is 9.98 Å². The third kappa shape index (κ3) is 5.40. The summed E-state index contributed by atoms with van der Waals surface area (Å²) < 4.78 is 0. The van der Waals surface area contributed by atoms with Crippen molar-refractivity contribution in [2.45, 2.75) is 12.3 Å². The summed E-state index contributed by atoms with van der Waals surface area (Å²) >= 11 is 8.18. The van der Waals surface area contributed by atoms with Crippen molar-refractivity contribution in [3.63, 3.8) is 0 Å². The predicted molar refractivity (Wildman–Crippen MR) is 116 cm³/mol. The number of hydrogen-bond donors (Lipinski definition) is 0. The predicted octanol–water partition coefficient (Wildman–Crippen LogP) is 1.61. The second-order valence-corrected chi connectivity index (χ2v) is 11.6. The summed E-state index contributed by atoms with van der Waals surface area (Å²) in [6, 6.07) is 0. The largest absolute Gasteiger partial charge is 0.284 e. The van der Waals surface area contributed by atoms with E-state index in [1.165, 1.54) is 23.0 Å². The third-order valence-electron chi connectivity index (χ3n) is 5.27. The molecule has 0 aliphatic carbocycles. The molecular formula is C16H30N4O2S4. The van der Waals surface area contributed by atoms with Gasteiger partial charge >= 0.3 is 0 Å². The lowest BCUT2D eigenvalue weighted by atomic mass is 10.4. The number of nitrogens with zero attached hydrogens (tertiary/aromatic N) is 4. The smallest absolute Gasteiger partial charge is 0.0991 e. The third-order valence-corrected chi connectivity index (χ3v) is 9.17. The Bertz CT molecular complexity index is 389. The molecule has 150 valence electrons. The van der Waals surface area contributed by atoms with E-state index in [4.69, 9.17) is 9.98 Å². The summed E-state index contributed by atoms with van der Waals surface area (Å²) in [5.41, 5.74) is 0. The Morgan fingerprint density at radius 1 is 0.500 bits per heavy atom. The van der Waals surface area contributed by atoms with Gasteiger partial charge in [0.05, 0.1) is 12.3 Å². The maximum absolute atomic E-state index is 5.97. The molecule has 0 radical (unpaired) electrons. The van der Waals surface area contributed by atoms with E-state index in [1.807, 2.05) is 23.5 Å². The molecule has 0 spiro atoms. The van der Waals surface area contributed by atoms with Crippen molar-refractivity contribution in [2.75, 3.05) is 85.3 Å². The first-order valence-corrected chi connectivity index (χ1v) is 14.2. The molecule has 4 heterocycles. The van der Waals surface area contributed by atoms with Gasteiger partial charge in [0.25, 0.3) is 0 Å². The number of thioether (sulfide) groups is 4. The topological polar surface area (TPSA) is 31.4 Å². The van der Waals surface area contributed by atoms with Crippen LogP contribution in [0.4, 0.5) is 0 Å². The van der Waals surface area contributed by atoms with Crippen LogP contribution in [-0.4, -0.2) is 118 Å². The maximum Gasteiger partial charge on any atom is 0.0991 e. The molecule has 4 aliphatic heterocycles. The van der Waals surface area contributed by atoms with E-state index in [0.29, 0.717) is 12.3 Å². The zero-order chi connectivity index (χ0) is 17.6. The molecule has 0 aromatic carbocycles. The average Bonchev–Trinajstić information content (AvgIpc) is 2.74. The second-order valence-electron chi connectivity index (χ2n) is 6.84. The lowest BCUT2D eigenvalue weighted by Gasteiger charge is -2.44. The lowest BCUT2D eigenvalue weighted by molar-refractivity contribution is -0.535. The lowest BCUT2D eigenvalue weighted by Crippen LogP contribution is -2.58. The zero-order valence-electron chi connectivity index (χ0n) is 15.3. The minimum Gasteiger partial charge on any atom is -0.284 e. The quantitative estimate of drug-likeness (QED) is 0.466. The Hall–Kier alpha value is 1.16. The Morgan fingerprint density at radius 2 is 0.885 bits per heavy atom. The Morgan fingerprint density at radius 3 is 1.31 bits per heavy atom. The van der Waals surface area contributed by atoms with Gasteiger partial charge in [0.1, 0.15) is 0 Å². The highest BCUT2D eigenvalue weighted by Gasteiger charge is 2.34. The first kappa shape index (κ1) is 20.4. The van der Waals surface area contributed by atoms with Gasteiger partial charge in [0, 0.05) is 85.3 Å². The van der Waals surface area contributed by atoms with Crippen molar-refractivity contribution in [3.05, 3.63) is 0 Å². The van der Waals surface area contributed by atoms with Gasteiger partial charge in [-0.1, -0.05) is 0 Å². The van der Waals surface area contributed by atoms with Gasteiger partial charge in [-0.25, -0.2) is 0 Å². The molecule has 0 aromatic heterocycles. The molecule has 26 heavy (non-hydrogen) atoms. The monoisotopic (exact) mass is 438 g/mol. The Labute approximate surface area is 174 Å². The van der Waals surface area contributed by atoms with Crippen molar-refractivity contribution in [1.29, 1.82) is 0 Å². The summed E-state index contributed by atoms with van der Waals surface area (Å²) in [5.74, 6) is 9.37. The van der Waals surface area contributed by atoms with E-state index >= 15 is 0 Å². The normalized spacial score (nSPS) is 34.2. The molecule has 10 heteroatoms. The van der Waals surface area contributed by atoms with Crippen LogP contribution in [0.15, 0.2) is 0 Å². The standard InChI is InChI=1S/C16H30N4O2S4/c1-7-23-8-2-17(1)15-13-25-11-5-19(15)21-22-20-6-12-26-14-16(20)18-3-9-24-10-4-18/h15-16H,1-14H2. The van der Waals surface area contributed by atoms with Gasteiger partial charge in [0.15, 0.2) is 0 Å². The minimum atomic E-state index is 0.346. The summed E-state index contributed by atoms with van der Waals surface area (Å²) in [6.45, 7) is 6.50. The van der Waals surface area contributed by atoms with Crippen LogP contribution in [0.5, 0.6) is 0 Å². The van der Waals surface area contributed by atoms with E-state index in [1.54, 1.807) is 0 Å². The molecule has 0 amide bonds. The summed E-state index contributed by atoms with van der Waals surface area (Å²) in [4.78, 5) is 17.1. The fourth-order valence-electron chi connectivity index (χ4n) is 3.74. The minimum absolute atomic E-state index is 0.346. The number of hydroxylamine groups is 4. The molecule has 4 rings (SSSR count). The van der Waals surface area contributed by atoms with Crippen LogP contribution in [0.3, 0.4) is 0 Å². The molecule has 6 nitrogen and oxygen atoms in total. The van der Waals surface area contributed by atoms with Crippen LogP contribution < -0.4 is 0 Å². The van der Waals surface area contributed by atoms with Crippen LogP contribution in [0.1, 0.15) is 0 Å². The molecule has 2 unspecified atom stereocenters. The van der Waals surface area contributed by atoms with E-state index in [0.717, 1.165) is 62.3 Å². The van der Waals surface area contributed by atoms with Gasteiger partial charge in [-0.2, -0.15) is 47.0 Å². The fraction of sp³-hybridized carbons (Fsp3) is 1.00. The highest BCUT2D eigenvalue weighted by Crippen LogP contribution is 2.26. The molecule has 4 fully saturated rings. The van der Waals surface area contributed by atoms with Gasteiger partial charge in [-0.15, -0.1) is 20.1 Å². The first-order chi connectivity index (χ1) is 12.9. The van der Waals surface area contributed by atoms with Crippen LogP contribution in [-0.2, 0) is 9.98 Å². The van der Waals surface area contributed by atoms with Crippen molar-refractivity contribution >= 4 is 47.0 Å². The summed E-state index contributed by atoms with van der Waals surface area (Å²) in [6.07, 6.45) is 0.692. The molecule has 4 aliphatic rings. The van der Waals surface area contributed by atoms with Crippen LogP contribution >= 0.6 is 47.0 Å². The van der Waals surface area contributed by atoms with Gasteiger partial charge in [-0.05, 0) is 0 Å². The first-order valence-electron chi connectivity index (χ1n) is 9.59. The molecule has 0 saturated carbocycles. The van der Waals surface area contributed by atoms with E-state index < -0.39 is 0 Å². The Kier molecular flexibility index (Phi) is 8.49. The molecule has 0 aromatic rings. The number of rotatable bonds is 5. The van der Waals surface area contributed by atoms with Gasteiger partial charge in [0.2, 0.25) is 0 Å². The van der Waals surface area contributed by atoms with E-state index in [2.05, 4.69) is 43.5 Å². The van der Waals surface area contributed by atoms with Crippen LogP contribution in [0, 0.1) is 0 Å². The highest BCUT2D eigenvalue weighted by molar-refractivity contribution is 8.00. The highest BCUT2D eigenvalue weighted by atomic mass is 32.2. The van der Waals surface area contributed by atoms with Gasteiger partial charge < -0.3 is 0 Å². The summed E-state index contributed by atoms with van der Waals surface area (Å²) in [5, 5.41) is 4.19. The molecular weight excluding hydrogens is 408 g/mol. The molecule has 0 N–H and O–H groups in total. The second kappa shape index (κ2) is 10.8. The van der Waals surface area contributed by atoms with Crippen molar-refractivity contribution in [2.24, 2.45) is 0 Å². The molecule has 4 saturated heterocycles. The molecule has 0 bridgehead atoms. The van der Waals surface area contributed by atoms with Gasteiger partial charge in [-0.3, -0.25) is 9.80 Å². The SMILES string of the molecule is C1CN(C2CSCCN2OON2CCSCC2N2CCSCC2)CCS1. The zero-order valence-corrected chi connectivity index (χ0v) is 18.6. The average molecular weight is 439 g/mol. The summed E-state index contributed by atoms with van der Waals surface area (Å²) in [7, 11) is 0. The van der Waals surface area contributed by atoms with Crippen molar-refractivity contribution in [1.82, 2.24) is 19.9 Å². The maximum atomic E-state index is 5.97. The van der Waals surface area contributed by atoms with Crippen LogP contribution in [0.2, 0.25) is 0 Å².